The molecule has 0 aromatic heterocycles. The van der Waals surface area contributed by atoms with Crippen LogP contribution in [0.25, 0.3) is 11.1 Å². The zero-order valence-electron chi connectivity index (χ0n) is 20.3. The van der Waals surface area contributed by atoms with Crippen LogP contribution in [0.1, 0.15) is 49.7 Å². The van der Waals surface area contributed by atoms with Crippen LogP contribution in [0.15, 0.2) is 48.5 Å². The standard InChI is InChI=1S/C27H34N2O6/c1-18(11-12-25(30)31)13-15-28-26(32)24(34-2)14-16-29-27(33)35-17-23-21-9-5-3-7-19(21)20-8-4-6-10-22(20)23/h3-10,18,23-24H,11-17H2,1-2H3,(H,28,32)(H,29,33)(H,30,31). The fourth-order valence-corrected chi connectivity index (χ4v) is 4.38. The molecule has 3 rings (SSSR count). The zero-order valence-corrected chi connectivity index (χ0v) is 20.3. The topological polar surface area (TPSA) is 114 Å². The molecule has 1 aliphatic rings. The Kier molecular flexibility index (Phi) is 9.66. The van der Waals surface area contributed by atoms with Crippen molar-refractivity contribution in [2.45, 2.75) is 44.6 Å². The highest BCUT2D eigenvalue weighted by molar-refractivity contribution is 5.81. The van der Waals surface area contributed by atoms with Crippen molar-refractivity contribution in [1.82, 2.24) is 10.6 Å². The van der Waals surface area contributed by atoms with Gasteiger partial charge in [-0.05, 0) is 41.0 Å². The maximum atomic E-state index is 12.4. The zero-order chi connectivity index (χ0) is 25.2. The SMILES string of the molecule is COC(CCNC(=O)OCC1c2ccccc2-c2ccccc21)C(=O)NCCC(C)CCC(=O)O. The molecule has 0 heterocycles. The predicted molar refractivity (Wildman–Crippen MR) is 132 cm³/mol. The molecule has 2 aromatic rings. The fourth-order valence-electron chi connectivity index (χ4n) is 4.38. The Hall–Kier alpha value is -3.39. The van der Waals surface area contributed by atoms with Gasteiger partial charge in [-0.3, -0.25) is 9.59 Å². The average molecular weight is 483 g/mol. The van der Waals surface area contributed by atoms with Crippen LogP contribution in [0.5, 0.6) is 0 Å². The van der Waals surface area contributed by atoms with Gasteiger partial charge in [0.25, 0.3) is 0 Å². The molecule has 0 saturated heterocycles. The van der Waals surface area contributed by atoms with Gasteiger partial charge in [-0.2, -0.15) is 0 Å². The van der Waals surface area contributed by atoms with E-state index in [4.69, 9.17) is 14.6 Å². The van der Waals surface area contributed by atoms with Gasteiger partial charge in [0.05, 0.1) is 0 Å². The molecule has 2 aromatic carbocycles. The molecule has 8 heteroatoms. The number of amides is 2. The van der Waals surface area contributed by atoms with E-state index in [9.17, 15) is 14.4 Å². The second-order valence-corrected chi connectivity index (χ2v) is 8.88. The molecule has 35 heavy (non-hydrogen) atoms. The average Bonchev–Trinajstić information content (AvgIpc) is 3.17. The summed E-state index contributed by atoms with van der Waals surface area (Å²) in [6, 6.07) is 16.3. The van der Waals surface area contributed by atoms with Crippen molar-refractivity contribution >= 4 is 18.0 Å². The number of carboxylic acids is 1. The number of methoxy groups -OCH3 is 1. The lowest BCUT2D eigenvalue weighted by Crippen LogP contribution is -2.39. The summed E-state index contributed by atoms with van der Waals surface area (Å²) in [4.78, 5) is 35.3. The van der Waals surface area contributed by atoms with Gasteiger partial charge in [0, 0.05) is 39.0 Å². The van der Waals surface area contributed by atoms with Crippen molar-refractivity contribution in [2.24, 2.45) is 5.92 Å². The van der Waals surface area contributed by atoms with Gasteiger partial charge in [-0.1, -0.05) is 55.5 Å². The number of carbonyl (C=O) groups is 3. The molecule has 8 nitrogen and oxygen atoms in total. The van der Waals surface area contributed by atoms with Crippen molar-refractivity contribution in [3.8, 4) is 11.1 Å². The molecule has 0 saturated carbocycles. The number of rotatable bonds is 13. The van der Waals surface area contributed by atoms with E-state index < -0.39 is 18.2 Å². The van der Waals surface area contributed by atoms with E-state index >= 15 is 0 Å². The fraction of sp³-hybridized carbons (Fsp3) is 0.444. The number of benzene rings is 2. The van der Waals surface area contributed by atoms with E-state index in [0.717, 1.165) is 11.1 Å². The smallest absolute Gasteiger partial charge is 0.407 e. The number of hydrogen-bond donors (Lipinski definition) is 3. The molecule has 3 N–H and O–H groups in total. The first kappa shape index (κ1) is 26.2. The van der Waals surface area contributed by atoms with E-state index in [0.29, 0.717) is 25.8 Å². The van der Waals surface area contributed by atoms with Gasteiger partial charge in [0.2, 0.25) is 5.91 Å². The van der Waals surface area contributed by atoms with E-state index in [1.54, 1.807) is 0 Å². The van der Waals surface area contributed by atoms with Crippen molar-refractivity contribution in [3.05, 3.63) is 59.7 Å². The minimum Gasteiger partial charge on any atom is -0.481 e. The highest BCUT2D eigenvalue weighted by Crippen LogP contribution is 2.44. The van der Waals surface area contributed by atoms with Crippen LogP contribution < -0.4 is 10.6 Å². The Labute approximate surface area is 206 Å². The predicted octanol–water partition coefficient (Wildman–Crippen LogP) is 3.94. The minimum absolute atomic E-state index is 0.0106. The third-order valence-electron chi connectivity index (χ3n) is 6.38. The third kappa shape index (κ3) is 7.29. The maximum Gasteiger partial charge on any atom is 0.407 e. The lowest BCUT2D eigenvalue weighted by molar-refractivity contribution is -0.137. The highest BCUT2D eigenvalue weighted by Gasteiger charge is 2.29. The summed E-state index contributed by atoms with van der Waals surface area (Å²) < 4.78 is 10.8. The molecule has 0 radical (unpaired) electrons. The monoisotopic (exact) mass is 482 g/mol. The molecule has 2 amide bonds. The molecule has 1 aliphatic carbocycles. The van der Waals surface area contributed by atoms with Crippen LogP contribution in [-0.2, 0) is 19.1 Å². The van der Waals surface area contributed by atoms with Gasteiger partial charge < -0.3 is 25.2 Å². The Morgan fingerprint density at radius 3 is 2.11 bits per heavy atom. The summed E-state index contributed by atoms with van der Waals surface area (Å²) >= 11 is 0. The maximum absolute atomic E-state index is 12.4. The van der Waals surface area contributed by atoms with Gasteiger partial charge in [0.1, 0.15) is 12.7 Å². The first-order valence-corrected chi connectivity index (χ1v) is 12.0. The number of fused-ring (bicyclic) bond motifs is 3. The van der Waals surface area contributed by atoms with Crippen LogP contribution in [0.4, 0.5) is 4.79 Å². The Morgan fingerprint density at radius 1 is 0.914 bits per heavy atom. The number of ether oxygens (including phenoxy) is 2. The van der Waals surface area contributed by atoms with E-state index in [2.05, 4.69) is 34.9 Å². The molecule has 0 fully saturated rings. The minimum atomic E-state index is -0.816. The van der Waals surface area contributed by atoms with Gasteiger partial charge >= 0.3 is 12.1 Å². The van der Waals surface area contributed by atoms with Crippen LogP contribution in [-0.4, -0.2) is 56.0 Å². The second-order valence-electron chi connectivity index (χ2n) is 8.88. The van der Waals surface area contributed by atoms with Crippen molar-refractivity contribution in [3.63, 3.8) is 0 Å². The number of alkyl carbamates (subject to hydrolysis) is 1. The van der Waals surface area contributed by atoms with Crippen molar-refractivity contribution in [1.29, 1.82) is 0 Å². The summed E-state index contributed by atoms with van der Waals surface area (Å²) in [7, 11) is 1.45. The molecule has 0 spiro atoms. The van der Waals surface area contributed by atoms with Crippen LogP contribution >= 0.6 is 0 Å². The molecular formula is C27H34N2O6. The molecule has 188 valence electrons. The second kappa shape index (κ2) is 12.9. The van der Waals surface area contributed by atoms with Crippen molar-refractivity contribution in [2.75, 3.05) is 26.8 Å². The summed E-state index contributed by atoms with van der Waals surface area (Å²) in [5, 5.41) is 14.3. The lowest BCUT2D eigenvalue weighted by atomic mass is 9.98. The molecule has 2 atom stereocenters. The third-order valence-corrected chi connectivity index (χ3v) is 6.38. The summed E-state index contributed by atoms with van der Waals surface area (Å²) in [5.74, 6) is -0.886. The Balaban J connectivity index is 1.39. The summed E-state index contributed by atoms with van der Waals surface area (Å²) in [6.45, 7) is 2.87. The molecule has 0 bridgehead atoms. The summed E-state index contributed by atoms with van der Waals surface area (Å²) in [5.41, 5.74) is 4.63. The van der Waals surface area contributed by atoms with Gasteiger partial charge in [-0.25, -0.2) is 4.79 Å². The number of aliphatic carboxylic acids is 1. The Morgan fingerprint density at radius 2 is 1.51 bits per heavy atom. The Bertz CT molecular complexity index is 979. The van der Waals surface area contributed by atoms with Crippen LogP contribution in [0.2, 0.25) is 0 Å². The van der Waals surface area contributed by atoms with Crippen LogP contribution in [0, 0.1) is 5.92 Å². The lowest BCUT2D eigenvalue weighted by Gasteiger charge is -2.17. The number of hydrogen-bond acceptors (Lipinski definition) is 5. The number of carboxylic acid groups (broad SMARTS) is 1. The first-order chi connectivity index (χ1) is 16.9. The highest BCUT2D eigenvalue weighted by atomic mass is 16.5. The van der Waals surface area contributed by atoms with Gasteiger partial charge in [-0.15, -0.1) is 0 Å². The number of nitrogens with one attached hydrogen (secondary N) is 2. The molecule has 0 aliphatic heterocycles. The van der Waals surface area contributed by atoms with Crippen LogP contribution in [0.3, 0.4) is 0 Å². The first-order valence-electron chi connectivity index (χ1n) is 12.0. The van der Waals surface area contributed by atoms with Crippen molar-refractivity contribution < 1.29 is 29.0 Å². The van der Waals surface area contributed by atoms with E-state index in [-0.39, 0.29) is 37.3 Å². The quantitative estimate of drug-likeness (QED) is 0.399. The number of carbonyl (C=O) groups excluding carboxylic acids is 2. The van der Waals surface area contributed by atoms with E-state index in [1.165, 1.54) is 18.2 Å². The van der Waals surface area contributed by atoms with E-state index in [1.807, 2.05) is 31.2 Å². The largest absolute Gasteiger partial charge is 0.481 e. The molecule has 2 unspecified atom stereocenters. The normalized spacial score (nSPS) is 13.9. The van der Waals surface area contributed by atoms with Gasteiger partial charge in [0.15, 0.2) is 0 Å². The molecular weight excluding hydrogens is 448 g/mol. The summed E-state index contributed by atoms with van der Waals surface area (Å²) in [6.07, 6.45) is 0.460.